The predicted octanol–water partition coefficient (Wildman–Crippen LogP) is 3.05. The van der Waals surface area contributed by atoms with Crippen LogP contribution in [-0.4, -0.2) is 16.9 Å². The number of nitrogens with zero attached hydrogens (tertiary/aromatic N) is 2. The quantitative estimate of drug-likeness (QED) is 0.163. The molecule has 0 amide bonds. The van der Waals surface area contributed by atoms with Crippen LogP contribution in [-0.2, 0) is 11.3 Å². The molecule has 2 aromatic carbocycles. The number of carboxylic acid groups (broad SMARTS) is 1. The molecule has 122 valence electrons. The molecule has 2 aromatic rings. The minimum absolute atomic E-state index is 0.00838. The Morgan fingerprint density at radius 3 is 2.42 bits per heavy atom. The Hall–Kier alpha value is -3.48. The van der Waals surface area contributed by atoms with Crippen molar-refractivity contribution in [3.05, 3.63) is 71.3 Å². The Morgan fingerprint density at radius 2 is 1.83 bits per heavy atom. The van der Waals surface area contributed by atoms with Crippen LogP contribution >= 0.6 is 0 Å². The van der Waals surface area contributed by atoms with Crippen molar-refractivity contribution in [3.8, 4) is 0 Å². The summed E-state index contributed by atoms with van der Waals surface area (Å²) in [4.78, 5) is 10.5. The summed E-state index contributed by atoms with van der Waals surface area (Å²) in [6.45, 7) is 0.627. The number of aliphatic carboxylic acids is 1. The molecular weight excluding hydrogens is 306 g/mol. The van der Waals surface area contributed by atoms with Crippen LogP contribution in [0.3, 0.4) is 0 Å². The van der Waals surface area contributed by atoms with Gasteiger partial charge in [0.05, 0.1) is 0 Å². The highest BCUT2D eigenvalue weighted by Gasteiger charge is 2.00. The second-order valence-electron chi connectivity index (χ2n) is 4.91. The largest absolute Gasteiger partial charge is 0.478 e. The topological polar surface area (TPSA) is 124 Å². The molecule has 0 unspecified atom stereocenters. The normalized spacial score (nSPS) is 11.0. The molecule has 0 radical (unpaired) electrons. The third-order valence-electron chi connectivity index (χ3n) is 3.21. The summed E-state index contributed by atoms with van der Waals surface area (Å²) < 4.78 is 0. The maximum absolute atomic E-state index is 10.5. The van der Waals surface area contributed by atoms with Gasteiger partial charge in [0, 0.05) is 23.9 Å². The van der Waals surface area contributed by atoms with Gasteiger partial charge in [-0.2, -0.15) is 0 Å². The van der Waals surface area contributed by atoms with Crippen LogP contribution in [0.2, 0.25) is 0 Å². The van der Waals surface area contributed by atoms with Gasteiger partial charge in [-0.25, -0.2) is 4.79 Å². The lowest BCUT2D eigenvalue weighted by molar-refractivity contribution is -0.131. The van der Waals surface area contributed by atoms with Crippen LogP contribution in [0.5, 0.6) is 0 Å². The van der Waals surface area contributed by atoms with E-state index in [2.05, 4.69) is 15.7 Å². The molecule has 0 aliphatic heterocycles. The molecular formula is C17H17N5O2. The summed E-state index contributed by atoms with van der Waals surface area (Å²) in [7, 11) is 0. The maximum atomic E-state index is 10.5. The van der Waals surface area contributed by atoms with E-state index < -0.39 is 5.97 Å². The Balaban J connectivity index is 1.93. The van der Waals surface area contributed by atoms with E-state index >= 15 is 0 Å². The number of nitrogens with two attached hydrogens (primary N) is 1. The van der Waals surface area contributed by atoms with Crippen LogP contribution in [0, 0.1) is 5.41 Å². The van der Waals surface area contributed by atoms with Crippen LogP contribution in [0.1, 0.15) is 16.7 Å². The molecule has 0 bridgehead atoms. The third kappa shape index (κ3) is 5.06. The Morgan fingerprint density at radius 1 is 1.17 bits per heavy atom. The highest BCUT2D eigenvalue weighted by molar-refractivity contribution is 5.96. The van der Waals surface area contributed by atoms with E-state index in [1.807, 2.05) is 36.4 Å². The Labute approximate surface area is 139 Å². The van der Waals surface area contributed by atoms with Crippen LogP contribution in [0.4, 0.5) is 5.69 Å². The standard InChI is InChI=1S/C17H17N5O2/c18-17(21-22-19)14-6-8-15(9-7-14)20-11-13-3-1-12(2-4-13)5-10-16(23)24/h1-10,20H,11H2,(H,23,24)(H3,18,19,21)/b10-5+. The number of anilines is 1. The van der Waals surface area contributed by atoms with Crippen molar-refractivity contribution in [2.75, 3.05) is 5.32 Å². The smallest absolute Gasteiger partial charge is 0.328 e. The van der Waals surface area contributed by atoms with Gasteiger partial charge in [-0.1, -0.05) is 29.5 Å². The lowest BCUT2D eigenvalue weighted by atomic mass is 10.1. The van der Waals surface area contributed by atoms with Gasteiger partial charge in [-0.15, -0.1) is 5.11 Å². The molecule has 0 atom stereocenters. The molecule has 2 rings (SSSR count). The summed E-state index contributed by atoms with van der Waals surface area (Å²) in [5, 5.41) is 26.0. The summed E-state index contributed by atoms with van der Waals surface area (Å²) in [6, 6.07) is 14.8. The van der Waals surface area contributed by atoms with E-state index in [1.54, 1.807) is 18.2 Å². The van der Waals surface area contributed by atoms with Gasteiger partial charge >= 0.3 is 5.97 Å². The Bertz CT molecular complexity index is 765. The zero-order chi connectivity index (χ0) is 17.4. The van der Waals surface area contributed by atoms with Crippen LogP contribution in [0.25, 0.3) is 6.08 Å². The van der Waals surface area contributed by atoms with Gasteiger partial charge in [0.1, 0.15) is 0 Å². The molecule has 5 N–H and O–H groups in total. The van der Waals surface area contributed by atoms with Crippen LogP contribution in [0.15, 0.2) is 64.9 Å². The first-order valence-corrected chi connectivity index (χ1v) is 7.12. The van der Waals surface area contributed by atoms with Crippen molar-refractivity contribution in [2.45, 2.75) is 6.54 Å². The Kier molecular flexibility index (Phi) is 5.79. The molecule has 0 heterocycles. The molecule has 0 spiro atoms. The van der Waals surface area contributed by atoms with Crippen molar-refractivity contribution < 1.29 is 9.90 Å². The highest BCUT2D eigenvalue weighted by Crippen LogP contribution is 2.13. The number of amidine groups is 1. The van der Waals surface area contributed by atoms with Crippen molar-refractivity contribution in [1.29, 1.82) is 5.41 Å². The molecule has 0 aliphatic carbocycles. The molecule has 7 nitrogen and oxygen atoms in total. The summed E-state index contributed by atoms with van der Waals surface area (Å²) in [6.07, 6.45) is 2.66. The van der Waals surface area contributed by atoms with Crippen molar-refractivity contribution in [1.82, 2.24) is 0 Å². The van der Waals surface area contributed by atoms with E-state index in [0.29, 0.717) is 12.1 Å². The number of carboxylic acids is 1. The molecule has 0 saturated carbocycles. The number of nitrogens with one attached hydrogen (secondary N) is 2. The zero-order valence-corrected chi connectivity index (χ0v) is 12.8. The first-order valence-electron chi connectivity index (χ1n) is 7.12. The van der Waals surface area contributed by atoms with Gasteiger partial charge in [0.2, 0.25) is 0 Å². The summed E-state index contributed by atoms with van der Waals surface area (Å²) >= 11 is 0. The van der Waals surface area contributed by atoms with Crippen molar-refractivity contribution >= 4 is 23.6 Å². The number of rotatable bonds is 6. The lowest BCUT2D eigenvalue weighted by Gasteiger charge is -2.07. The minimum atomic E-state index is -0.967. The van der Waals surface area contributed by atoms with Gasteiger partial charge in [0.15, 0.2) is 5.84 Å². The molecule has 0 saturated heterocycles. The summed E-state index contributed by atoms with van der Waals surface area (Å²) in [5.41, 5.74) is 3.43. The molecule has 0 aromatic heterocycles. The first kappa shape index (κ1) is 16.9. The first-order chi connectivity index (χ1) is 11.6. The number of hydrogen-bond acceptors (Lipinski definition) is 4. The maximum Gasteiger partial charge on any atom is 0.328 e. The second-order valence-corrected chi connectivity index (χ2v) is 4.91. The fraction of sp³-hybridized carbons (Fsp3) is 0.0588. The third-order valence-corrected chi connectivity index (χ3v) is 3.21. The average Bonchev–Trinajstić information content (AvgIpc) is 2.59. The molecule has 0 fully saturated rings. The molecule has 24 heavy (non-hydrogen) atoms. The van der Waals surface area contributed by atoms with E-state index in [1.165, 1.54) is 0 Å². The fourth-order valence-corrected chi connectivity index (χ4v) is 1.98. The molecule has 7 heteroatoms. The van der Waals surface area contributed by atoms with E-state index in [4.69, 9.17) is 16.4 Å². The van der Waals surface area contributed by atoms with Gasteiger partial charge in [0.25, 0.3) is 0 Å². The van der Waals surface area contributed by atoms with E-state index in [-0.39, 0.29) is 5.84 Å². The average molecular weight is 323 g/mol. The van der Waals surface area contributed by atoms with Crippen molar-refractivity contribution in [2.24, 2.45) is 16.2 Å². The molecule has 0 aliphatic rings. The summed E-state index contributed by atoms with van der Waals surface area (Å²) in [5.74, 6) is 3.97. The van der Waals surface area contributed by atoms with Gasteiger partial charge in [-0.05, 0) is 41.5 Å². The minimum Gasteiger partial charge on any atom is -0.478 e. The zero-order valence-electron chi connectivity index (χ0n) is 12.8. The van der Waals surface area contributed by atoms with Crippen molar-refractivity contribution in [3.63, 3.8) is 0 Å². The van der Waals surface area contributed by atoms with E-state index in [0.717, 1.165) is 22.9 Å². The lowest BCUT2D eigenvalue weighted by Crippen LogP contribution is -2.00. The second kappa shape index (κ2) is 8.23. The van der Waals surface area contributed by atoms with Crippen LogP contribution < -0.4 is 11.2 Å². The fourth-order valence-electron chi connectivity index (χ4n) is 1.98. The van der Waals surface area contributed by atoms with Gasteiger partial charge in [-0.3, -0.25) is 5.41 Å². The number of hydrogen-bond donors (Lipinski definition) is 4. The predicted molar refractivity (Wildman–Crippen MR) is 92.8 cm³/mol. The monoisotopic (exact) mass is 323 g/mol. The van der Waals surface area contributed by atoms with E-state index in [9.17, 15) is 4.79 Å². The highest BCUT2D eigenvalue weighted by atomic mass is 16.4. The number of carbonyl (C=O) groups is 1. The van der Waals surface area contributed by atoms with Gasteiger partial charge < -0.3 is 16.3 Å². The number of benzene rings is 2. The SMILES string of the molecule is N=C(N=NN)c1ccc(NCc2ccc(/C=C/C(=O)O)cc2)cc1.